The van der Waals surface area contributed by atoms with Gasteiger partial charge in [-0.1, -0.05) is 23.7 Å². The number of ether oxygens (including phenoxy) is 1. The number of carbonyl (C=O) groups is 1. The van der Waals surface area contributed by atoms with Crippen molar-refractivity contribution in [3.8, 4) is 5.75 Å². The summed E-state index contributed by atoms with van der Waals surface area (Å²) < 4.78 is 5.10. The first-order valence-corrected chi connectivity index (χ1v) is 7.81. The Bertz CT molecular complexity index is 747. The second kappa shape index (κ2) is 8.79. The van der Waals surface area contributed by atoms with Crippen LogP contribution in [0.2, 0.25) is 5.02 Å². The Balaban J connectivity index is 2.03. The van der Waals surface area contributed by atoms with E-state index in [2.05, 4.69) is 15.7 Å². The third-order valence-corrected chi connectivity index (χ3v) is 3.71. The molecule has 0 aromatic heterocycles. The molecule has 2 aromatic rings. The summed E-state index contributed by atoms with van der Waals surface area (Å²) >= 11 is 5.81. The van der Waals surface area contributed by atoms with Gasteiger partial charge in [-0.05, 0) is 42.0 Å². The Morgan fingerprint density at radius 3 is 2.40 bits per heavy atom. The van der Waals surface area contributed by atoms with Gasteiger partial charge >= 0.3 is 6.03 Å². The van der Waals surface area contributed by atoms with Gasteiger partial charge in [0, 0.05) is 17.1 Å². The number of methoxy groups -OCH3 is 1. The molecule has 0 aliphatic carbocycles. The summed E-state index contributed by atoms with van der Waals surface area (Å²) in [5.74, 6) is 0.482. The highest BCUT2D eigenvalue weighted by Gasteiger charge is 2.18. The fraction of sp³-hybridized carbons (Fsp3) is 0.176. The van der Waals surface area contributed by atoms with Crippen LogP contribution in [-0.4, -0.2) is 25.0 Å². The lowest BCUT2D eigenvalue weighted by molar-refractivity contribution is 0.250. The van der Waals surface area contributed by atoms with E-state index in [1.165, 1.54) is 0 Å². The van der Waals surface area contributed by atoms with Crippen molar-refractivity contribution in [2.24, 2.45) is 5.11 Å². The van der Waals surface area contributed by atoms with Gasteiger partial charge in [-0.15, -0.1) is 5.11 Å². The zero-order valence-corrected chi connectivity index (χ0v) is 14.3. The molecule has 0 unspecified atom stereocenters. The van der Waals surface area contributed by atoms with Crippen LogP contribution in [-0.2, 0) is 6.42 Å². The maximum absolute atomic E-state index is 12.1. The Morgan fingerprint density at radius 2 is 1.84 bits per heavy atom. The average molecular weight is 360 g/mol. The molecule has 2 rings (SSSR count). The van der Waals surface area contributed by atoms with E-state index >= 15 is 0 Å². The summed E-state index contributed by atoms with van der Waals surface area (Å²) in [6, 6.07) is 12.7. The lowest BCUT2D eigenvalue weighted by atomic mass is 10.1. The van der Waals surface area contributed by atoms with Gasteiger partial charge in [0.1, 0.15) is 5.75 Å². The molecule has 0 bridgehead atoms. The number of amidine groups is 1. The van der Waals surface area contributed by atoms with Gasteiger partial charge in [-0.3, -0.25) is 5.41 Å². The van der Waals surface area contributed by atoms with Crippen LogP contribution < -0.4 is 15.4 Å². The minimum absolute atomic E-state index is 0.234. The van der Waals surface area contributed by atoms with Crippen molar-refractivity contribution in [1.29, 1.82) is 10.9 Å². The van der Waals surface area contributed by atoms with Gasteiger partial charge in [0.05, 0.1) is 13.2 Å². The molecule has 0 saturated heterocycles. The molecule has 0 aliphatic heterocycles. The van der Waals surface area contributed by atoms with Crippen molar-refractivity contribution in [2.75, 3.05) is 12.4 Å². The monoisotopic (exact) mass is 359 g/mol. The largest absolute Gasteiger partial charge is 0.497 e. The van der Waals surface area contributed by atoms with E-state index in [4.69, 9.17) is 27.3 Å². The smallest absolute Gasteiger partial charge is 0.319 e. The number of anilines is 1. The summed E-state index contributed by atoms with van der Waals surface area (Å²) in [6.07, 6.45) is 0.333. The number of amides is 2. The number of hydrogen-bond acceptors (Lipinski definition) is 4. The molecule has 4 N–H and O–H groups in total. The van der Waals surface area contributed by atoms with Crippen molar-refractivity contribution < 1.29 is 9.53 Å². The van der Waals surface area contributed by atoms with Gasteiger partial charge in [0.15, 0.2) is 5.84 Å². The molecule has 8 heteroatoms. The highest BCUT2D eigenvalue weighted by Crippen LogP contribution is 2.15. The summed E-state index contributed by atoms with van der Waals surface area (Å²) in [7, 11) is 1.58. The first-order valence-electron chi connectivity index (χ1n) is 7.43. The fourth-order valence-electron chi connectivity index (χ4n) is 2.15. The number of halogens is 1. The van der Waals surface area contributed by atoms with Crippen molar-refractivity contribution in [2.45, 2.75) is 12.5 Å². The maximum atomic E-state index is 12.1. The third-order valence-electron chi connectivity index (χ3n) is 3.46. The predicted molar refractivity (Wildman–Crippen MR) is 97.0 cm³/mol. The van der Waals surface area contributed by atoms with Gasteiger partial charge in [-0.2, -0.15) is 0 Å². The van der Waals surface area contributed by atoms with Crippen LogP contribution in [0.25, 0.3) is 0 Å². The summed E-state index contributed by atoms with van der Waals surface area (Å²) in [4.78, 5) is 12.1. The van der Waals surface area contributed by atoms with E-state index in [1.54, 1.807) is 43.5 Å². The first-order chi connectivity index (χ1) is 12.0. The number of hydrogen-bond donors (Lipinski definition) is 4. The van der Waals surface area contributed by atoms with Gasteiger partial charge in [0.2, 0.25) is 0 Å². The highest BCUT2D eigenvalue weighted by atomic mass is 35.5. The lowest BCUT2D eigenvalue weighted by Crippen LogP contribution is -2.43. The zero-order valence-electron chi connectivity index (χ0n) is 13.5. The van der Waals surface area contributed by atoms with Crippen molar-refractivity contribution >= 4 is 29.2 Å². The number of nitrogens with zero attached hydrogens (tertiary/aromatic N) is 1. The summed E-state index contributed by atoms with van der Waals surface area (Å²) in [5, 5.41) is 16.8. The van der Waals surface area contributed by atoms with Gasteiger partial charge in [-0.25, -0.2) is 10.3 Å². The van der Waals surface area contributed by atoms with E-state index in [9.17, 15) is 4.79 Å². The summed E-state index contributed by atoms with van der Waals surface area (Å²) in [6.45, 7) is 0. The lowest BCUT2D eigenvalue weighted by Gasteiger charge is -2.17. The molecule has 2 aromatic carbocycles. The first kappa shape index (κ1) is 18.4. The van der Waals surface area contributed by atoms with Crippen LogP contribution >= 0.6 is 11.6 Å². The molecule has 1 atom stereocenters. The second-order valence-corrected chi connectivity index (χ2v) is 5.64. The topological polar surface area (TPSA) is 110 Å². The van der Waals surface area contributed by atoms with E-state index in [-0.39, 0.29) is 5.84 Å². The SMILES string of the molecule is COc1ccc(C[C@H](NC(=O)Nc2ccc(Cl)cc2)C(=N)N=N)cc1. The molecule has 25 heavy (non-hydrogen) atoms. The van der Waals surface area contributed by atoms with E-state index in [1.807, 2.05) is 12.1 Å². The quantitative estimate of drug-likeness (QED) is 0.354. The second-order valence-electron chi connectivity index (χ2n) is 5.21. The highest BCUT2D eigenvalue weighted by molar-refractivity contribution is 6.30. The average Bonchev–Trinajstić information content (AvgIpc) is 2.63. The van der Waals surface area contributed by atoms with Crippen LogP contribution in [0.4, 0.5) is 10.5 Å². The van der Waals surface area contributed by atoms with Crippen LogP contribution in [0, 0.1) is 10.9 Å². The minimum Gasteiger partial charge on any atom is -0.497 e. The normalized spacial score (nSPS) is 11.3. The molecule has 0 aliphatic rings. The third kappa shape index (κ3) is 5.58. The standard InChI is InChI=1S/C17H18ClN5O2/c1-25-14-8-2-11(3-9-14)10-15(16(19)23-20)22-17(24)21-13-6-4-12(18)5-7-13/h2-9,15,19-20H,10H2,1H3,(H2,21,22,24)/t15-/m0/s1. The fourth-order valence-corrected chi connectivity index (χ4v) is 2.28. The number of rotatable bonds is 6. The van der Waals surface area contributed by atoms with Crippen molar-refractivity contribution in [3.63, 3.8) is 0 Å². The van der Waals surface area contributed by atoms with E-state index in [0.29, 0.717) is 22.9 Å². The maximum Gasteiger partial charge on any atom is 0.319 e. The molecule has 2 amide bonds. The molecule has 0 fully saturated rings. The minimum atomic E-state index is -0.724. The van der Waals surface area contributed by atoms with Crippen LogP contribution in [0.15, 0.2) is 53.6 Å². The Morgan fingerprint density at radius 1 is 1.20 bits per heavy atom. The van der Waals surface area contributed by atoms with Crippen LogP contribution in [0.1, 0.15) is 5.56 Å². The molecular weight excluding hydrogens is 342 g/mol. The van der Waals surface area contributed by atoms with Crippen LogP contribution in [0.5, 0.6) is 5.75 Å². The number of urea groups is 1. The molecule has 0 spiro atoms. The number of carbonyl (C=O) groups excluding carboxylic acids is 1. The van der Waals surface area contributed by atoms with E-state index in [0.717, 1.165) is 5.56 Å². The summed E-state index contributed by atoms with van der Waals surface area (Å²) in [5.41, 5.74) is 8.50. The molecular formula is C17H18ClN5O2. The Kier molecular flexibility index (Phi) is 6.47. The Hall–Kier alpha value is -2.93. The number of benzene rings is 2. The van der Waals surface area contributed by atoms with Crippen molar-refractivity contribution in [3.05, 3.63) is 59.1 Å². The number of nitrogens with one attached hydrogen (secondary N) is 4. The zero-order chi connectivity index (χ0) is 18.2. The van der Waals surface area contributed by atoms with E-state index < -0.39 is 12.1 Å². The van der Waals surface area contributed by atoms with Crippen LogP contribution in [0.3, 0.4) is 0 Å². The van der Waals surface area contributed by atoms with Gasteiger partial charge in [0.25, 0.3) is 0 Å². The molecule has 7 nitrogen and oxygen atoms in total. The molecule has 0 radical (unpaired) electrons. The molecule has 130 valence electrons. The Labute approximate surface area is 150 Å². The molecule has 0 saturated carbocycles. The van der Waals surface area contributed by atoms with Gasteiger partial charge < -0.3 is 15.4 Å². The predicted octanol–water partition coefficient (Wildman–Crippen LogP) is 4.09. The molecule has 0 heterocycles. The van der Waals surface area contributed by atoms with Crippen molar-refractivity contribution in [1.82, 2.24) is 5.32 Å².